The van der Waals surface area contributed by atoms with Gasteiger partial charge in [-0.15, -0.1) is 6.58 Å². The summed E-state index contributed by atoms with van der Waals surface area (Å²) in [5.41, 5.74) is 3.14. The summed E-state index contributed by atoms with van der Waals surface area (Å²) >= 11 is 3.51. The summed E-state index contributed by atoms with van der Waals surface area (Å²) in [7, 11) is 0. The summed E-state index contributed by atoms with van der Waals surface area (Å²) in [6.07, 6.45) is 2.60. The van der Waals surface area contributed by atoms with Gasteiger partial charge < -0.3 is 4.90 Å². The minimum absolute atomic E-state index is 0.0397. The SMILES string of the molecule is C=CCc1ccccc1N(Cc1ccccc1)C(=O)C(C)(C)Br. The smallest absolute Gasteiger partial charge is 0.243 e. The molecule has 2 nitrogen and oxygen atoms in total. The molecule has 2 aromatic rings. The van der Waals surface area contributed by atoms with Crippen molar-refractivity contribution in [2.24, 2.45) is 0 Å². The molecule has 0 atom stereocenters. The number of halogens is 1. The number of rotatable bonds is 6. The molecule has 2 aromatic carbocycles. The predicted octanol–water partition coefficient (Wildman–Crippen LogP) is 5.12. The number of nitrogens with zero attached hydrogens (tertiary/aromatic N) is 1. The van der Waals surface area contributed by atoms with Crippen molar-refractivity contribution >= 4 is 27.5 Å². The van der Waals surface area contributed by atoms with Gasteiger partial charge in [0.1, 0.15) is 0 Å². The molecule has 23 heavy (non-hydrogen) atoms. The maximum Gasteiger partial charge on any atom is 0.243 e. The van der Waals surface area contributed by atoms with E-state index in [2.05, 4.69) is 22.5 Å². The maximum absolute atomic E-state index is 13.0. The Labute approximate surface area is 147 Å². The van der Waals surface area contributed by atoms with Gasteiger partial charge in [0.05, 0.1) is 10.9 Å². The summed E-state index contributed by atoms with van der Waals surface area (Å²) in [6, 6.07) is 18.0. The van der Waals surface area contributed by atoms with Crippen molar-refractivity contribution in [2.45, 2.75) is 31.1 Å². The summed E-state index contributed by atoms with van der Waals surface area (Å²) in [5.74, 6) is 0.0397. The van der Waals surface area contributed by atoms with Crippen LogP contribution < -0.4 is 4.90 Å². The lowest BCUT2D eigenvalue weighted by Gasteiger charge is -2.30. The minimum atomic E-state index is -0.622. The van der Waals surface area contributed by atoms with Crippen LogP contribution >= 0.6 is 15.9 Å². The molecular formula is C20H22BrNO. The standard InChI is InChI=1S/C20H22BrNO/c1-4-10-17-13-8-9-14-18(17)22(19(23)20(2,3)21)15-16-11-6-5-7-12-16/h4-9,11-14H,1,10,15H2,2-3H3. The van der Waals surface area contributed by atoms with Gasteiger partial charge in [0, 0.05) is 5.69 Å². The Kier molecular flexibility index (Phi) is 5.78. The van der Waals surface area contributed by atoms with Gasteiger partial charge in [-0.1, -0.05) is 70.5 Å². The fourth-order valence-electron chi connectivity index (χ4n) is 2.46. The third-order valence-corrected chi connectivity index (χ3v) is 3.92. The van der Waals surface area contributed by atoms with Crippen LogP contribution in [0.5, 0.6) is 0 Å². The zero-order valence-corrected chi connectivity index (χ0v) is 15.2. The quantitative estimate of drug-likeness (QED) is 0.509. The monoisotopic (exact) mass is 371 g/mol. The number of carbonyl (C=O) groups excluding carboxylic acids is 1. The number of carbonyl (C=O) groups is 1. The minimum Gasteiger partial charge on any atom is -0.307 e. The van der Waals surface area contributed by atoms with Crippen molar-refractivity contribution in [3.8, 4) is 0 Å². The molecule has 0 radical (unpaired) electrons. The third kappa shape index (κ3) is 4.55. The average molecular weight is 372 g/mol. The highest BCUT2D eigenvalue weighted by Gasteiger charge is 2.31. The molecule has 120 valence electrons. The number of anilines is 1. The Morgan fingerprint density at radius 3 is 2.35 bits per heavy atom. The fourth-order valence-corrected chi connectivity index (χ4v) is 2.67. The predicted molar refractivity (Wildman–Crippen MR) is 101 cm³/mol. The van der Waals surface area contributed by atoms with E-state index in [4.69, 9.17) is 0 Å². The molecule has 0 fully saturated rings. The molecule has 0 heterocycles. The molecular weight excluding hydrogens is 350 g/mol. The lowest BCUT2D eigenvalue weighted by molar-refractivity contribution is -0.120. The van der Waals surface area contributed by atoms with Crippen molar-refractivity contribution in [1.82, 2.24) is 0 Å². The molecule has 0 aromatic heterocycles. The van der Waals surface area contributed by atoms with E-state index < -0.39 is 4.32 Å². The van der Waals surface area contributed by atoms with E-state index in [0.717, 1.165) is 23.2 Å². The molecule has 2 rings (SSSR count). The lowest BCUT2D eigenvalue weighted by Crippen LogP contribution is -2.41. The maximum atomic E-state index is 13.0. The van der Waals surface area contributed by atoms with Crippen molar-refractivity contribution in [2.75, 3.05) is 4.90 Å². The lowest BCUT2D eigenvalue weighted by atomic mass is 10.1. The van der Waals surface area contributed by atoms with Gasteiger partial charge in [0.15, 0.2) is 0 Å². The molecule has 0 bridgehead atoms. The molecule has 0 saturated carbocycles. The van der Waals surface area contributed by atoms with Crippen LogP contribution in [-0.2, 0) is 17.8 Å². The summed E-state index contributed by atoms with van der Waals surface area (Å²) in [6.45, 7) is 8.12. The molecule has 0 aliphatic heterocycles. The van der Waals surface area contributed by atoms with E-state index in [1.54, 1.807) is 0 Å². The number of amides is 1. The molecule has 0 aliphatic carbocycles. The molecule has 0 aliphatic rings. The second kappa shape index (κ2) is 7.60. The van der Waals surface area contributed by atoms with Crippen molar-refractivity contribution < 1.29 is 4.79 Å². The van der Waals surface area contributed by atoms with Crippen LogP contribution in [0.1, 0.15) is 25.0 Å². The number of para-hydroxylation sites is 1. The molecule has 3 heteroatoms. The van der Waals surface area contributed by atoms with Gasteiger partial charge >= 0.3 is 0 Å². The molecule has 0 unspecified atom stereocenters. The Hall–Kier alpha value is -1.87. The van der Waals surface area contributed by atoms with Crippen LogP contribution in [0, 0.1) is 0 Å². The van der Waals surface area contributed by atoms with Gasteiger partial charge in [0.25, 0.3) is 0 Å². The summed E-state index contributed by atoms with van der Waals surface area (Å²) in [5, 5.41) is 0. The summed E-state index contributed by atoms with van der Waals surface area (Å²) < 4.78 is -0.622. The number of allylic oxidation sites excluding steroid dienone is 1. The van der Waals surface area contributed by atoms with Crippen LogP contribution in [0.25, 0.3) is 0 Å². The van der Waals surface area contributed by atoms with Crippen molar-refractivity contribution in [3.63, 3.8) is 0 Å². The van der Waals surface area contributed by atoms with E-state index >= 15 is 0 Å². The van der Waals surface area contributed by atoms with Gasteiger partial charge in [0.2, 0.25) is 5.91 Å². The molecule has 1 amide bonds. The first-order valence-electron chi connectivity index (χ1n) is 7.67. The fraction of sp³-hybridized carbons (Fsp3) is 0.250. The second-order valence-electron chi connectivity index (χ2n) is 5.97. The van der Waals surface area contributed by atoms with E-state index in [1.165, 1.54) is 0 Å². The highest BCUT2D eigenvalue weighted by atomic mass is 79.9. The molecule has 0 N–H and O–H groups in total. The molecule has 0 spiro atoms. The van der Waals surface area contributed by atoms with E-state index in [9.17, 15) is 4.79 Å². The normalized spacial score (nSPS) is 11.1. The van der Waals surface area contributed by atoms with Crippen LogP contribution in [0.2, 0.25) is 0 Å². The third-order valence-electron chi connectivity index (χ3n) is 3.58. The Morgan fingerprint density at radius 1 is 1.13 bits per heavy atom. The number of hydrogen-bond acceptors (Lipinski definition) is 1. The van der Waals surface area contributed by atoms with Gasteiger partial charge in [-0.25, -0.2) is 0 Å². The molecule has 0 saturated heterocycles. The van der Waals surface area contributed by atoms with Crippen molar-refractivity contribution in [3.05, 3.63) is 78.4 Å². The Bertz CT molecular complexity index is 674. The zero-order valence-electron chi connectivity index (χ0n) is 13.6. The second-order valence-corrected chi connectivity index (χ2v) is 7.95. The van der Waals surface area contributed by atoms with E-state index in [-0.39, 0.29) is 5.91 Å². The van der Waals surface area contributed by atoms with Crippen molar-refractivity contribution in [1.29, 1.82) is 0 Å². The number of benzene rings is 2. The van der Waals surface area contributed by atoms with Crippen LogP contribution in [0.15, 0.2) is 67.3 Å². The highest BCUT2D eigenvalue weighted by molar-refractivity contribution is 9.10. The Balaban J connectivity index is 2.45. The van der Waals surface area contributed by atoms with Gasteiger partial charge in [-0.2, -0.15) is 0 Å². The first-order chi connectivity index (χ1) is 10.9. The first kappa shape index (κ1) is 17.5. The largest absolute Gasteiger partial charge is 0.307 e. The van der Waals surface area contributed by atoms with Crippen LogP contribution in [0.3, 0.4) is 0 Å². The van der Waals surface area contributed by atoms with Gasteiger partial charge in [-0.05, 0) is 37.5 Å². The topological polar surface area (TPSA) is 20.3 Å². The van der Waals surface area contributed by atoms with E-state index in [0.29, 0.717) is 6.54 Å². The highest BCUT2D eigenvalue weighted by Crippen LogP contribution is 2.29. The van der Waals surface area contributed by atoms with Gasteiger partial charge in [-0.3, -0.25) is 4.79 Å². The first-order valence-corrected chi connectivity index (χ1v) is 8.46. The Morgan fingerprint density at radius 2 is 1.74 bits per heavy atom. The zero-order chi connectivity index (χ0) is 16.9. The van der Waals surface area contributed by atoms with Crippen LogP contribution in [-0.4, -0.2) is 10.2 Å². The summed E-state index contributed by atoms with van der Waals surface area (Å²) in [4.78, 5) is 14.8. The van der Waals surface area contributed by atoms with Crippen LogP contribution in [0.4, 0.5) is 5.69 Å². The van der Waals surface area contributed by atoms with E-state index in [1.807, 2.05) is 79.4 Å². The average Bonchev–Trinajstić information content (AvgIpc) is 2.53. The number of alkyl halides is 1. The number of hydrogen-bond donors (Lipinski definition) is 0.